The number of rotatable bonds is 4. The average molecular weight is 155 g/mol. The minimum absolute atomic E-state index is 0.524. The fourth-order valence-corrected chi connectivity index (χ4v) is 2.07. The van der Waals surface area contributed by atoms with Crippen LogP contribution < -0.4 is 5.32 Å². The van der Waals surface area contributed by atoms with E-state index in [1.54, 1.807) is 0 Å². The van der Waals surface area contributed by atoms with Gasteiger partial charge in [0, 0.05) is 5.54 Å². The van der Waals surface area contributed by atoms with Crippen molar-refractivity contribution in [2.24, 2.45) is 5.92 Å². The van der Waals surface area contributed by atoms with E-state index in [0.29, 0.717) is 5.54 Å². The van der Waals surface area contributed by atoms with Crippen molar-refractivity contribution in [1.82, 2.24) is 5.32 Å². The summed E-state index contributed by atoms with van der Waals surface area (Å²) in [6, 6.07) is 0. The molecule has 11 heavy (non-hydrogen) atoms. The lowest BCUT2D eigenvalue weighted by molar-refractivity contribution is 0.0955. The van der Waals surface area contributed by atoms with Gasteiger partial charge in [-0.15, -0.1) is 0 Å². The Morgan fingerprint density at radius 1 is 1.45 bits per heavy atom. The second-order valence-electron chi connectivity index (χ2n) is 3.90. The molecule has 0 amide bonds. The van der Waals surface area contributed by atoms with Crippen LogP contribution >= 0.6 is 0 Å². The first kappa shape index (κ1) is 9.05. The third kappa shape index (κ3) is 1.58. The molecular formula is C10H21N. The number of hydrogen-bond acceptors (Lipinski definition) is 1. The van der Waals surface area contributed by atoms with Crippen molar-refractivity contribution in [3.8, 4) is 0 Å². The van der Waals surface area contributed by atoms with Crippen molar-refractivity contribution >= 4 is 0 Å². The Balaban J connectivity index is 2.35. The Labute approximate surface area is 70.6 Å². The molecule has 0 aromatic carbocycles. The quantitative estimate of drug-likeness (QED) is 0.658. The summed E-state index contributed by atoms with van der Waals surface area (Å²) in [5.41, 5.74) is 0.524. The Kier molecular flexibility index (Phi) is 2.94. The molecule has 1 heteroatoms. The first-order chi connectivity index (χ1) is 5.25. The van der Waals surface area contributed by atoms with Crippen LogP contribution in [0.4, 0.5) is 0 Å². The van der Waals surface area contributed by atoms with E-state index in [9.17, 15) is 0 Å². The summed E-state index contributed by atoms with van der Waals surface area (Å²) in [6.45, 7) is 8.18. The van der Waals surface area contributed by atoms with E-state index in [0.717, 1.165) is 5.92 Å². The maximum Gasteiger partial charge on any atom is 0.0216 e. The minimum atomic E-state index is 0.524. The van der Waals surface area contributed by atoms with Crippen molar-refractivity contribution < 1.29 is 0 Å². The summed E-state index contributed by atoms with van der Waals surface area (Å²) in [6.07, 6.45) is 5.39. The van der Waals surface area contributed by atoms with Gasteiger partial charge in [0.1, 0.15) is 0 Å². The molecule has 1 aliphatic heterocycles. The van der Waals surface area contributed by atoms with Gasteiger partial charge in [-0.25, -0.2) is 0 Å². The molecule has 66 valence electrons. The molecule has 0 radical (unpaired) electrons. The molecular weight excluding hydrogens is 134 g/mol. The predicted octanol–water partition coefficient (Wildman–Crippen LogP) is 2.56. The highest BCUT2D eigenvalue weighted by Gasteiger charge is 2.40. The van der Waals surface area contributed by atoms with Gasteiger partial charge < -0.3 is 5.32 Å². The molecule has 1 saturated heterocycles. The van der Waals surface area contributed by atoms with Gasteiger partial charge >= 0.3 is 0 Å². The summed E-state index contributed by atoms with van der Waals surface area (Å²) in [5.74, 6) is 0.902. The molecule has 1 fully saturated rings. The molecule has 1 N–H and O–H groups in total. The molecule has 0 aromatic heterocycles. The smallest absolute Gasteiger partial charge is 0.0216 e. The van der Waals surface area contributed by atoms with Crippen LogP contribution in [0.2, 0.25) is 0 Å². The maximum absolute atomic E-state index is 3.59. The molecule has 2 atom stereocenters. The van der Waals surface area contributed by atoms with Crippen LogP contribution in [-0.2, 0) is 0 Å². The Morgan fingerprint density at radius 2 is 2.18 bits per heavy atom. The van der Waals surface area contributed by atoms with Gasteiger partial charge in [-0.05, 0) is 25.3 Å². The van der Waals surface area contributed by atoms with Crippen LogP contribution in [0, 0.1) is 5.92 Å². The van der Waals surface area contributed by atoms with E-state index in [2.05, 4.69) is 26.1 Å². The molecule has 1 nitrogen and oxygen atoms in total. The van der Waals surface area contributed by atoms with Crippen LogP contribution in [0.5, 0.6) is 0 Å². The standard InChI is InChI=1S/C10H21N/c1-4-6-7-10(5-2)9(3)8-11-10/h9,11H,4-8H2,1-3H3/t9-,10?/m0/s1. The Morgan fingerprint density at radius 3 is 2.45 bits per heavy atom. The first-order valence-corrected chi connectivity index (χ1v) is 5.00. The van der Waals surface area contributed by atoms with Gasteiger partial charge in [-0.2, -0.15) is 0 Å². The molecule has 0 aliphatic carbocycles. The van der Waals surface area contributed by atoms with Gasteiger partial charge in [0.05, 0.1) is 0 Å². The van der Waals surface area contributed by atoms with E-state index in [1.165, 1.54) is 32.2 Å². The van der Waals surface area contributed by atoms with Gasteiger partial charge in [0.2, 0.25) is 0 Å². The molecule has 1 unspecified atom stereocenters. The molecule has 0 saturated carbocycles. The number of hydrogen-bond donors (Lipinski definition) is 1. The fourth-order valence-electron chi connectivity index (χ4n) is 2.07. The second kappa shape index (κ2) is 3.57. The van der Waals surface area contributed by atoms with Gasteiger partial charge in [-0.1, -0.05) is 33.6 Å². The van der Waals surface area contributed by atoms with E-state index in [-0.39, 0.29) is 0 Å². The Bertz CT molecular complexity index is 118. The van der Waals surface area contributed by atoms with Crippen LogP contribution in [-0.4, -0.2) is 12.1 Å². The van der Waals surface area contributed by atoms with Crippen molar-refractivity contribution in [2.75, 3.05) is 6.54 Å². The summed E-state index contributed by atoms with van der Waals surface area (Å²) >= 11 is 0. The summed E-state index contributed by atoms with van der Waals surface area (Å²) < 4.78 is 0. The molecule has 0 bridgehead atoms. The lowest BCUT2D eigenvalue weighted by atomic mass is 9.72. The van der Waals surface area contributed by atoms with Gasteiger partial charge in [0.15, 0.2) is 0 Å². The van der Waals surface area contributed by atoms with Crippen molar-refractivity contribution in [1.29, 1.82) is 0 Å². The Hall–Kier alpha value is -0.0400. The molecule has 0 spiro atoms. The SMILES string of the molecule is CCCCC1(CC)NC[C@@H]1C. The molecule has 0 aromatic rings. The zero-order valence-corrected chi connectivity index (χ0v) is 8.11. The van der Waals surface area contributed by atoms with Gasteiger partial charge in [-0.3, -0.25) is 0 Å². The van der Waals surface area contributed by atoms with Crippen LogP contribution in [0.15, 0.2) is 0 Å². The first-order valence-electron chi connectivity index (χ1n) is 5.00. The van der Waals surface area contributed by atoms with Crippen molar-refractivity contribution in [3.63, 3.8) is 0 Å². The highest BCUT2D eigenvalue weighted by atomic mass is 15.1. The largest absolute Gasteiger partial charge is 0.311 e. The predicted molar refractivity (Wildman–Crippen MR) is 49.7 cm³/mol. The number of nitrogens with one attached hydrogen (secondary N) is 1. The fraction of sp³-hybridized carbons (Fsp3) is 1.00. The average Bonchev–Trinajstić information content (AvgIpc) is 2.04. The zero-order chi connectivity index (χ0) is 8.32. The van der Waals surface area contributed by atoms with Gasteiger partial charge in [0.25, 0.3) is 0 Å². The van der Waals surface area contributed by atoms with E-state index in [1.807, 2.05) is 0 Å². The summed E-state index contributed by atoms with van der Waals surface area (Å²) in [5, 5.41) is 3.59. The van der Waals surface area contributed by atoms with Crippen LogP contribution in [0.3, 0.4) is 0 Å². The minimum Gasteiger partial charge on any atom is -0.311 e. The third-order valence-corrected chi connectivity index (χ3v) is 3.31. The maximum atomic E-state index is 3.59. The number of unbranched alkanes of at least 4 members (excludes halogenated alkanes) is 1. The van der Waals surface area contributed by atoms with E-state index < -0.39 is 0 Å². The van der Waals surface area contributed by atoms with Crippen molar-refractivity contribution in [3.05, 3.63) is 0 Å². The summed E-state index contributed by atoms with van der Waals surface area (Å²) in [4.78, 5) is 0. The van der Waals surface area contributed by atoms with E-state index in [4.69, 9.17) is 0 Å². The molecule has 1 rings (SSSR count). The zero-order valence-electron chi connectivity index (χ0n) is 8.11. The van der Waals surface area contributed by atoms with Crippen LogP contribution in [0.1, 0.15) is 46.5 Å². The highest BCUT2D eigenvalue weighted by Crippen LogP contribution is 2.33. The lowest BCUT2D eigenvalue weighted by Crippen LogP contribution is -2.63. The summed E-state index contributed by atoms with van der Waals surface area (Å²) in [7, 11) is 0. The molecule has 1 aliphatic rings. The third-order valence-electron chi connectivity index (χ3n) is 3.31. The monoisotopic (exact) mass is 155 g/mol. The lowest BCUT2D eigenvalue weighted by Gasteiger charge is -2.49. The topological polar surface area (TPSA) is 12.0 Å². The normalized spacial score (nSPS) is 36.8. The van der Waals surface area contributed by atoms with Crippen LogP contribution in [0.25, 0.3) is 0 Å². The van der Waals surface area contributed by atoms with E-state index >= 15 is 0 Å². The van der Waals surface area contributed by atoms with Crippen molar-refractivity contribution in [2.45, 2.75) is 52.0 Å². The highest BCUT2D eigenvalue weighted by molar-refractivity contribution is 5.00. The second-order valence-corrected chi connectivity index (χ2v) is 3.90. The molecule has 1 heterocycles.